The van der Waals surface area contributed by atoms with Crippen LogP contribution in [0.4, 0.5) is 0 Å². The molecule has 1 aromatic carbocycles. The Labute approximate surface area is 150 Å². The van der Waals surface area contributed by atoms with E-state index in [1.54, 1.807) is 18.2 Å². The minimum absolute atomic E-state index is 0.164. The molecule has 1 aromatic heterocycles. The van der Waals surface area contributed by atoms with Crippen molar-refractivity contribution in [3.05, 3.63) is 40.4 Å². The number of hydrogen-bond donors (Lipinski definition) is 4. The molecule has 0 bridgehead atoms. The van der Waals surface area contributed by atoms with Crippen LogP contribution in [0.15, 0.2) is 29.1 Å². The fourth-order valence-corrected chi connectivity index (χ4v) is 2.69. The first kappa shape index (κ1) is 19.6. The number of carbonyl (C=O) groups excluding carboxylic acids is 1. The van der Waals surface area contributed by atoms with E-state index in [0.29, 0.717) is 49.0 Å². The number of carbonyl (C=O) groups is 2. The second kappa shape index (κ2) is 9.67. The van der Waals surface area contributed by atoms with E-state index >= 15 is 0 Å². The first-order chi connectivity index (χ1) is 12.5. The Morgan fingerprint density at radius 1 is 1.23 bits per heavy atom. The number of aryl methyl sites for hydroxylation is 1. The molecule has 1 atom stereocenters. The topological polar surface area (TPSA) is 138 Å². The lowest BCUT2D eigenvalue weighted by atomic mass is 10.1. The second-order valence-electron chi connectivity index (χ2n) is 6.13. The highest BCUT2D eigenvalue weighted by Gasteiger charge is 2.19. The maximum absolute atomic E-state index is 12.0. The molecule has 1 heterocycles. The first-order valence-corrected chi connectivity index (χ1v) is 8.71. The van der Waals surface area contributed by atoms with Crippen molar-refractivity contribution in [3.63, 3.8) is 0 Å². The average Bonchev–Trinajstić information content (AvgIpc) is 2.61. The normalized spacial score (nSPS) is 12.0. The number of carboxylic acids is 1. The molecule has 8 nitrogen and oxygen atoms in total. The van der Waals surface area contributed by atoms with Gasteiger partial charge in [-0.25, -0.2) is 9.78 Å². The van der Waals surface area contributed by atoms with Gasteiger partial charge in [0.2, 0.25) is 5.91 Å². The largest absolute Gasteiger partial charge is 0.480 e. The van der Waals surface area contributed by atoms with E-state index in [-0.39, 0.29) is 17.9 Å². The lowest BCUT2D eigenvalue weighted by Gasteiger charge is -2.14. The number of aromatic nitrogens is 2. The summed E-state index contributed by atoms with van der Waals surface area (Å²) in [7, 11) is 0. The molecular weight excluding hydrogens is 336 g/mol. The van der Waals surface area contributed by atoms with E-state index in [1.807, 2.05) is 6.07 Å². The quantitative estimate of drug-likeness (QED) is 0.465. The Morgan fingerprint density at radius 3 is 2.73 bits per heavy atom. The fraction of sp³-hybridized carbons (Fsp3) is 0.444. The van der Waals surface area contributed by atoms with Gasteiger partial charge >= 0.3 is 5.97 Å². The number of hydrogen-bond acceptors (Lipinski definition) is 5. The summed E-state index contributed by atoms with van der Waals surface area (Å²) in [5.41, 5.74) is 5.80. The zero-order valence-corrected chi connectivity index (χ0v) is 14.5. The number of carboxylic acid groups (broad SMARTS) is 1. The van der Waals surface area contributed by atoms with Crippen LogP contribution in [-0.4, -0.2) is 39.5 Å². The van der Waals surface area contributed by atoms with Gasteiger partial charge in [0, 0.05) is 12.8 Å². The molecule has 0 unspecified atom stereocenters. The summed E-state index contributed by atoms with van der Waals surface area (Å²) in [6, 6.07) is 6.15. The van der Waals surface area contributed by atoms with Gasteiger partial charge in [-0.2, -0.15) is 0 Å². The number of H-pyrrole nitrogens is 1. The second-order valence-corrected chi connectivity index (χ2v) is 6.13. The van der Waals surface area contributed by atoms with E-state index in [0.717, 1.165) is 6.42 Å². The van der Waals surface area contributed by atoms with Gasteiger partial charge in [0.05, 0.1) is 10.9 Å². The molecule has 8 heteroatoms. The molecule has 0 radical (unpaired) electrons. The van der Waals surface area contributed by atoms with Crippen LogP contribution < -0.4 is 16.6 Å². The van der Waals surface area contributed by atoms with E-state index in [4.69, 9.17) is 10.8 Å². The van der Waals surface area contributed by atoms with E-state index in [2.05, 4.69) is 15.3 Å². The molecule has 0 aliphatic heterocycles. The first-order valence-electron chi connectivity index (χ1n) is 8.71. The number of aromatic amines is 1. The molecule has 0 aliphatic carbocycles. The zero-order valence-electron chi connectivity index (χ0n) is 14.5. The van der Waals surface area contributed by atoms with Crippen LogP contribution in [0.5, 0.6) is 0 Å². The Balaban J connectivity index is 1.85. The summed E-state index contributed by atoms with van der Waals surface area (Å²) < 4.78 is 0. The molecule has 2 aromatic rings. The Bertz CT molecular complexity index is 818. The van der Waals surface area contributed by atoms with Gasteiger partial charge in [-0.1, -0.05) is 12.1 Å². The fourth-order valence-electron chi connectivity index (χ4n) is 2.69. The molecule has 2 rings (SSSR count). The summed E-state index contributed by atoms with van der Waals surface area (Å²) >= 11 is 0. The van der Waals surface area contributed by atoms with Gasteiger partial charge in [-0.15, -0.1) is 0 Å². The maximum atomic E-state index is 12.0. The van der Waals surface area contributed by atoms with Crippen molar-refractivity contribution in [1.29, 1.82) is 0 Å². The van der Waals surface area contributed by atoms with Crippen LogP contribution >= 0.6 is 0 Å². The molecule has 0 aliphatic rings. The van der Waals surface area contributed by atoms with Crippen LogP contribution in [-0.2, 0) is 16.0 Å². The molecular formula is C18H24N4O4. The summed E-state index contributed by atoms with van der Waals surface area (Å²) in [6.07, 6.45) is 2.78. The highest BCUT2D eigenvalue weighted by Crippen LogP contribution is 2.08. The third-order valence-electron chi connectivity index (χ3n) is 4.06. The predicted molar refractivity (Wildman–Crippen MR) is 97.8 cm³/mol. The summed E-state index contributed by atoms with van der Waals surface area (Å²) in [6.45, 7) is 0.497. The van der Waals surface area contributed by atoms with Crippen LogP contribution in [0, 0.1) is 0 Å². The van der Waals surface area contributed by atoms with Gasteiger partial charge in [-0.05, 0) is 44.4 Å². The highest BCUT2D eigenvalue weighted by atomic mass is 16.4. The Morgan fingerprint density at radius 2 is 2.00 bits per heavy atom. The standard InChI is InChI=1S/C18H24N4O4/c19-11-4-3-8-14(18(25)26)21-16(23)10-5-9-15-20-13-7-2-1-6-12(13)17(24)22-15/h1-2,6-7,14H,3-5,8-11,19H2,(H,21,23)(H,25,26)(H,20,22,24)/t14-/m0/s1. The maximum Gasteiger partial charge on any atom is 0.326 e. The number of nitrogens with one attached hydrogen (secondary N) is 2. The number of nitrogens with zero attached hydrogens (tertiary/aromatic N) is 1. The zero-order chi connectivity index (χ0) is 18.9. The van der Waals surface area contributed by atoms with Crippen molar-refractivity contribution in [2.45, 2.75) is 44.6 Å². The van der Waals surface area contributed by atoms with Crippen LogP contribution in [0.25, 0.3) is 10.9 Å². The lowest BCUT2D eigenvalue weighted by molar-refractivity contribution is -0.142. The average molecular weight is 360 g/mol. The number of aliphatic carboxylic acids is 1. The molecule has 0 spiro atoms. The monoisotopic (exact) mass is 360 g/mol. The van der Waals surface area contributed by atoms with Crippen molar-refractivity contribution in [1.82, 2.24) is 15.3 Å². The van der Waals surface area contributed by atoms with Crippen LogP contribution in [0.3, 0.4) is 0 Å². The SMILES string of the molecule is NCCCC[C@H](NC(=O)CCCc1nc2ccccc2c(=O)[nH]1)C(=O)O. The minimum Gasteiger partial charge on any atom is -0.480 e. The third-order valence-corrected chi connectivity index (χ3v) is 4.06. The van der Waals surface area contributed by atoms with Gasteiger partial charge in [0.1, 0.15) is 11.9 Å². The molecule has 1 amide bonds. The Hall–Kier alpha value is -2.74. The van der Waals surface area contributed by atoms with Crippen molar-refractivity contribution in [2.75, 3.05) is 6.54 Å². The number of nitrogens with two attached hydrogens (primary N) is 1. The summed E-state index contributed by atoms with van der Waals surface area (Å²) in [4.78, 5) is 42.2. The number of rotatable bonds is 10. The molecule has 0 saturated carbocycles. The van der Waals surface area contributed by atoms with Crippen LogP contribution in [0.2, 0.25) is 0 Å². The van der Waals surface area contributed by atoms with Crippen LogP contribution in [0.1, 0.15) is 37.9 Å². The molecule has 26 heavy (non-hydrogen) atoms. The number of fused-ring (bicyclic) bond motifs is 1. The van der Waals surface area contributed by atoms with Gasteiger partial charge in [-0.3, -0.25) is 9.59 Å². The summed E-state index contributed by atoms with van der Waals surface area (Å²) in [5.74, 6) is -0.858. The lowest BCUT2D eigenvalue weighted by Crippen LogP contribution is -2.40. The van der Waals surface area contributed by atoms with Crippen molar-refractivity contribution >= 4 is 22.8 Å². The van der Waals surface area contributed by atoms with Crippen molar-refractivity contribution < 1.29 is 14.7 Å². The number of benzene rings is 1. The van der Waals surface area contributed by atoms with E-state index < -0.39 is 12.0 Å². The smallest absolute Gasteiger partial charge is 0.326 e. The van der Waals surface area contributed by atoms with E-state index in [9.17, 15) is 14.4 Å². The van der Waals surface area contributed by atoms with Gasteiger partial charge < -0.3 is 21.1 Å². The van der Waals surface area contributed by atoms with Crippen molar-refractivity contribution in [3.8, 4) is 0 Å². The molecule has 140 valence electrons. The number of amides is 1. The number of para-hydroxylation sites is 1. The molecule has 5 N–H and O–H groups in total. The Kier molecular flexibility index (Phi) is 7.28. The third kappa shape index (κ3) is 5.66. The highest BCUT2D eigenvalue weighted by molar-refractivity contribution is 5.83. The van der Waals surface area contributed by atoms with Crippen molar-refractivity contribution in [2.24, 2.45) is 5.73 Å². The predicted octanol–water partition coefficient (Wildman–Crippen LogP) is 0.944. The molecule has 0 saturated heterocycles. The summed E-state index contributed by atoms with van der Waals surface area (Å²) in [5, 5.41) is 12.2. The number of unbranched alkanes of at least 4 members (excludes halogenated alkanes) is 1. The molecule has 0 fully saturated rings. The van der Waals surface area contributed by atoms with Gasteiger partial charge in [0.25, 0.3) is 5.56 Å². The minimum atomic E-state index is -1.05. The van der Waals surface area contributed by atoms with E-state index in [1.165, 1.54) is 0 Å². The van der Waals surface area contributed by atoms with Gasteiger partial charge in [0.15, 0.2) is 0 Å².